The lowest BCUT2D eigenvalue weighted by Gasteiger charge is -2.10. The fraction of sp³-hybridized carbons (Fsp3) is 0.333. The summed E-state index contributed by atoms with van der Waals surface area (Å²) in [5, 5.41) is 8.72. The molecular weight excluding hydrogens is 208 g/mol. The van der Waals surface area contributed by atoms with E-state index in [1.165, 1.54) is 0 Å². The molecule has 1 atom stereocenters. The van der Waals surface area contributed by atoms with Gasteiger partial charge in [-0.25, -0.2) is 8.78 Å². The van der Waals surface area contributed by atoms with Gasteiger partial charge in [0.1, 0.15) is 11.6 Å². The Hall–Kier alpha value is -0.650. The molecule has 0 bridgehead atoms. The van der Waals surface area contributed by atoms with Gasteiger partial charge in [-0.15, -0.1) is 11.8 Å². The van der Waals surface area contributed by atoms with Crippen LogP contribution in [0.4, 0.5) is 8.78 Å². The van der Waals surface area contributed by atoms with Gasteiger partial charge in [-0.3, -0.25) is 0 Å². The SMILES string of the molecule is CSc1c(F)cc(C(N)CO)cc1F. The fourth-order valence-corrected chi connectivity index (χ4v) is 1.60. The molecule has 0 spiro atoms. The van der Waals surface area contributed by atoms with Crippen molar-refractivity contribution in [3.05, 3.63) is 29.3 Å². The van der Waals surface area contributed by atoms with Crippen LogP contribution in [0.2, 0.25) is 0 Å². The highest BCUT2D eigenvalue weighted by Gasteiger charge is 2.13. The average Bonchev–Trinajstić information content (AvgIpc) is 2.16. The largest absolute Gasteiger partial charge is 0.394 e. The first-order valence-electron chi connectivity index (χ1n) is 3.99. The minimum Gasteiger partial charge on any atom is -0.394 e. The highest BCUT2D eigenvalue weighted by molar-refractivity contribution is 7.98. The van der Waals surface area contributed by atoms with E-state index in [1.54, 1.807) is 6.26 Å². The maximum Gasteiger partial charge on any atom is 0.140 e. The monoisotopic (exact) mass is 219 g/mol. The Morgan fingerprint density at radius 3 is 2.29 bits per heavy atom. The van der Waals surface area contributed by atoms with Crippen molar-refractivity contribution < 1.29 is 13.9 Å². The lowest BCUT2D eigenvalue weighted by atomic mass is 10.1. The topological polar surface area (TPSA) is 46.2 Å². The number of halogens is 2. The second-order valence-electron chi connectivity index (χ2n) is 2.81. The van der Waals surface area contributed by atoms with Crippen LogP contribution in [0.1, 0.15) is 11.6 Å². The third-order valence-electron chi connectivity index (χ3n) is 1.85. The first kappa shape index (κ1) is 11.4. The van der Waals surface area contributed by atoms with Crippen molar-refractivity contribution in [3.8, 4) is 0 Å². The van der Waals surface area contributed by atoms with Crippen molar-refractivity contribution in [1.82, 2.24) is 0 Å². The minimum atomic E-state index is -0.741. The Kier molecular flexibility index (Phi) is 3.86. The van der Waals surface area contributed by atoms with Crippen molar-refractivity contribution in [2.75, 3.05) is 12.9 Å². The maximum absolute atomic E-state index is 13.2. The molecule has 0 aliphatic rings. The van der Waals surface area contributed by atoms with Crippen LogP contribution in [0.25, 0.3) is 0 Å². The number of hydrogen-bond acceptors (Lipinski definition) is 3. The highest BCUT2D eigenvalue weighted by Crippen LogP contribution is 2.25. The molecule has 0 amide bonds. The molecule has 1 aromatic carbocycles. The van der Waals surface area contributed by atoms with E-state index < -0.39 is 17.7 Å². The van der Waals surface area contributed by atoms with E-state index in [-0.39, 0.29) is 17.1 Å². The van der Waals surface area contributed by atoms with E-state index in [1.807, 2.05) is 0 Å². The number of thioether (sulfide) groups is 1. The number of aliphatic hydroxyl groups excluding tert-OH is 1. The molecule has 0 aliphatic heterocycles. The average molecular weight is 219 g/mol. The lowest BCUT2D eigenvalue weighted by Crippen LogP contribution is -2.15. The molecule has 0 heterocycles. The van der Waals surface area contributed by atoms with Gasteiger partial charge < -0.3 is 10.8 Å². The predicted molar refractivity (Wildman–Crippen MR) is 52.2 cm³/mol. The van der Waals surface area contributed by atoms with Crippen LogP contribution in [0.5, 0.6) is 0 Å². The molecule has 78 valence electrons. The Morgan fingerprint density at radius 1 is 1.43 bits per heavy atom. The van der Waals surface area contributed by atoms with Crippen LogP contribution in [0, 0.1) is 11.6 Å². The quantitative estimate of drug-likeness (QED) is 0.760. The molecule has 2 nitrogen and oxygen atoms in total. The predicted octanol–water partition coefficient (Wildman–Crippen LogP) is 1.68. The summed E-state index contributed by atoms with van der Waals surface area (Å²) in [6.07, 6.45) is 1.59. The molecule has 0 aromatic heterocycles. The Labute approximate surface area is 85.1 Å². The Morgan fingerprint density at radius 2 is 1.93 bits per heavy atom. The van der Waals surface area contributed by atoms with E-state index in [4.69, 9.17) is 10.8 Å². The first-order valence-corrected chi connectivity index (χ1v) is 5.22. The summed E-state index contributed by atoms with van der Waals surface area (Å²) >= 11 is 0.997. The van der Waals surface area contributed by atoms with Gasteiger partial charge in [0.05, 0.1) is 17.5 Å². The summed E-state index contributed by atoms with van der Waals surface area (Å²) < 4.78 is 26.4. The van der Waals surface area contributed by atoms with Crippen LogP contribution in [-0.4, -0.2) is 18.0 Å². The van der Waals surface area contributed by atoms with Gasteiger partial charge in [-0.1, -0.05) is 0 Å². The zero-order valence-corrected chi connectivity index (χ0v) is 8.44. The van der Waals surface area contributed by atoms with Gasteiger partial charge >= 0.3 is 0 Å². The third-order valence-corrected chi connectivity index (χ3v) is 2.65. The van der Waals surface area contributed by atoms with Crippen LogP contribution in [-0.2, 0) is 0 Å². The smallest absolute Gasteiger partial charge is 0.140 e. The van der Waals surface area contributed by atoms with E-state index in [0.717, 1.165) is 23.9 Å². The summed E-state index contributed by atoms with van der Waals surface area (Å²) in [6.45, 7) is -0.336. The van der Waals surface area contributed by atoms with Gasteiger partial charge in [0, 0.05) is 0 Å². The number of rotatable bonds is 3. The van der Waals surface area contributed by atoms with Crippen LogP contribution in [0.3, 0.4) is 0 Å². The summed E-state index contributed by atoms with van der Waals surface area (Å²) in [7, 11) is 0. The van der Waals surface area contributed by atoms with Gasteiger partial charge in [0.25, 0.3) is 0 Å². The van der Waals surface area contributed by atoms with Gasteiger partial charge in [-0.05, 0) is 24.0 Å². The summed E-state index contributed by atoms with van der Waals surface area (Å²) in [4.78, 5) is -0.0288. The molecule has 0 radical (unpaired) electrons. The van der Waals surface area contributed by atoms with Crippen molar-refractivity contribution in [2.45, 2.75) is 10.9 Å². The normalized spacial score (nSPS) is 12.9. The standard InChI is InChI=1S/C9H11F2NOS/c1-14-9-6(10)2-5(3-7(9)11)8(12)4-13/h2-3,8,13H,4,12H2,1H3. The molecule has 1 aromatic rings. The summed E-state index contributed by atoms with van der Waals surface area (Å²) in [6, 6.07) is 1.56. The van der Waals surface area contributed by atoms with Gasteiger partial charge in [0.2, 0.25) is 0 Å². The molecule has 0 fully saturated rings. The fourth-order valence-electron chi connectivity index (χ4n) is 1.09. The van der Waals surface area contributed by atoms with Crippen molar-refractivity contribution in [3.63, 3.8) is 0 Å². The zero-order valence-electron chi connectivity index (χ0n) is 7.63. The second-order valence-corrected chi connectivity index (χ2v) is 3.62. The van der Waals surface area contributed by atoms with E-state index in [2.05, 4.69) is 0 Å². The third kappa shape index (κ3) is 2.23. The van der Waals surface area contributed by atoms with Crippen molar-refractivity contribution in [2.24, 2.45) is 5.73 Å². The second kappa shape index (κ2) is 4.72. The Bertz CT molecular complexity index is 310. The lowest BCUT2D eigenvalue weighted by molar-refractivity contribution is 0.267. The minimum absolute atomic E-state index is 0.0288. The number of benzene rings is 1. The molecule has 3 N–H and O–H groups in total. The van der Waals surface area contributed by atoms with Gasteiger partial charge in [0.15, 0.2) is 0 Å². The first-order chi connectivity index (χ1) is 6.60. The number of hydrogen-bond donors (Lipinski definition) is 2. The zero-order chi connectivity index (χ0) is 10.7. The molecule has 0 aliphatic carbocycles. The van der Waals surface area contributed by atoms with E-state index >= 15 is 0 Å². The van der Waals surface area contributed by atoms with Crippen LogP contribution in [0.15, 0.2) is 17.0 Å². The summed E-state index contributed by atoms with van der Waals surface area (Å²) in [5.41, 5.74) is 5.70. The molecular formula is C9H11F2NOS. The molecule has 1 unspecified atom stereocenters. The summed E-state index contributed by atoms with van der Waals surface area (Å²) in [5.74, 6) is -1.28. The van der Waals surface area contributed by atoms with Crippen molar-refractivity contribution in [1.29, 1.82) is 0 Å². The molecule has 0 saturated heterocycles. The van der Waals surface area contributed by atoms with Crippen molar-refractivity contribution >= 4 is 11.8 Å². The number of nitrogens with two attached hydrogens (primary N) is 1. The van der Waals surface area contributed by atoms with E-state index in [0.29, 0.717) is 0 Å². The van der Waals surface area contributed by atoms with E-state index in [9.17, 15) is 8.78 Å². The molecule has 14 heavy (non-hydrogen) atoms. The van der Waals surface area contributed by atoms with Crippen LogP contribution < -0.4 is 5.73 Å². The number of aliphatic hydroxyl groups is 1. The maximum atomic E-state index is 13.2. The van der Waals surface area contributed by atoms with Crippen LogP contribution >= 0.6 is 11.8 Å². The molecule has 5 heteroatoms. The molecule has 0 saturated carbocycles. The molecule has 1 rings (SSSR count). The highest BCUT2D eigenvalue weighted by atomic mass is 32.2. The Balaban J connectivity index is 3.13. The van der Waals surface area contributed by atoms with Gasteiger partial charge in [-0.2, -0.15) is 0 Å².